The molecule has 3 rings (SSSR count). The van der Waals surface area contributed by atoms with Gasteiger partial charge in [0, 0.05) is 25.8 Å². The van der Waals surface area contributed by atoms with Crippen molar-refractivity contribution < 1.29 is 0 Å². The minimum Gasteiger partial charge on any atom is -0.370 e. The number of rotatable bonds is 4. The Balaban J connectivity index is 1.68. The summed E-state index contributed by atoms with van der Waals surface area (Å²) in [6.45, 7) is 6.56. The molecule has 2 aliphatic rings. The second kappa shape index (κ2) is 6.13. The predicted molar refractivity (Wildman–Crippen MR) is 84.0 cm³/mol. The molecule has 110 valence electrons. The summed E-state index contributed by atoms with van der Waals surface area (Å²) in [6, 6.07) is 2.16. The van der Waals surface area contributed by atoms with E-state index in [-0.39, 0.29) is 0 Å². The molecule has 0 bridgehead atoms. The maximum Gasteiger partial charge on any atom is 0.0598 e. The van der Waals surface area contributed by atoms with E-state index < -0.39 is 0 Å². The molecular formula is C17H27N3. The summed E-state index contributed by atoms with van der Waals surface area (Å²) in [4.78, 5) is 6.91. The van der Waals surface area contributed by atoms with Crippen LogP contribution in [0.4, 0.5) is 5.69 Å². The van der Waals surface area contributed by atoms with Gasteiger partial charge in [-0.05, 0) is 49.3 Å². The van der Waals surface area contributed by atoms with Crippen molar-refractivity contribution in [3.63, 3.8) is 0 Å². The van der Waals surface area contributed by atoms with Crippen LogP contribution in [0.15, 0.2) is 18.5 Å². The van der Waals surface area contributed by atoms with E-state index >= 15 is 0 Å². The summed E-state index contributed by atoms with van der Waals surface area (Å²) < 4.78 is 0. The zero-order valence-corrected chi connectivity index (χ0v) is 12.7. The van der Waals surface area contributed by atoms with Crippen molar-refractivity contribution in [2.75, 3.05) is 24.5 Å². The highest BCUT2D eigenvalue weighted by atomic mass is 15.1. The topological polar surface area (TPSA) is 28.2 Å². The van der Waals surface area contributed by atoms with Gasteiger partial charge in [-0.2, -0.15) is 0 Å². The average Bonchev–Trinajstić information content (AvgIpc) is 2.95. The van der Waals surface area contributed by atoms with Gasteiger partial charge < -0.3 is 10.2 Å². The minimum absolute atomic E-state index is 0.695. The molecule has 1 saturated carbocycles. The molecule has 0 aromatic carbocycles. The van der Waals surface area contributed by atoms with Crippen molar-refractivity contribution in [1.82, 2.24) is 10.3 Å². The lowest BCUT2D eigenvalue weighted by molar-refractivity contribution is 0.226. The number of pyridine rings is 1. The van der Waals surface area contributed by atoms with E-state index in [1.165, 1.54) is 62.9 Å². The molecule has 2 fully saturated rings. The third kappa shape index (κ3) is 2.83. The molecule has 0 amide bonds. The lowest BCUT2D eigenvalue weighted by Gasteiger charge is -2.41. The van der Waals surface area contributed by atoms with Gasteiger partial charge in [-0.1, -0.05) is 19.8 Å². The molecule has 1 spiro atoms. The van der Waals surface area contributed by atoms with Gasteiger partial charge in [0.05, 0.1) is 11.9 Å². The van der Waals surface area contributed by atoms with Crippen LogP contribution in [0.1, 0.15) is 51.0 Å². The summed E-state index contributed by atoms with van der Waals surface area (Å²) >= 11 is 0. The second-order valence-corrected chi connectivity index (χ2v) is 6.48. The second-order valence-electron chi connectivity index (χ2n) is 6.48. The van der Waals surface area contributed by atoms with Gasteiger partial charge in [0.15, 0.2) is 0 Å². The number of piperidine rings is 1. The Bertz CT molecular complexity index is 428. The average molecular weight is 273 g/mol. The van der Waals surface area contributed by atoms with Crippen molar-refractivity contribution in [3.05, 3.63) is 24.0 Å². The Labute approximate surface area is 122 Å². The SMILES string of the molecule is CCNCc1ccncc1N1CCC2(CCCC2)CC1. The van der Waals surface area contributed by atoms with Crippen molar-refractivity contribution in [3.8, 4) is 0 Å². The van der Waals surface area contributed by atoms with E-state index in [1.807, 2.05) is 6.20 Å². The van der Waals surface area contributed by atoms with Crippen molar-refractivity contribution in [1.29, 1.82) is 0 Å². The fourth-order valence-electron chi connectivity index (χ4n) is 3.96. The van der Waals surface area contributed by atoms with Crippen LogP contribution in [0.25, 0.3) is 0 Å². The molecule has 1 N–H and O–H groups in total. The first kappa shape index (κ1) is 13.9. The van der Waals surface area contributed by atoms with Crippen molar-refractivity contribution in [2.24, 2.45) is 5.41 Å². The maximum atomic E-state index is 4.35. The van der Waals surface area contributed by atoms with Gasteiger partial charge in [-0.3, -0.25) is 4.98 Å². The largest absolute Gasteiger partial charge is 0.370 e. The standard InChI is InChI=1S/C17H27N3/c1-2-18-13-15-5-10-19-14-16(15)20-11-8-17(9-12-20)6-3-4-7-17/h5,10,14,18H,2-4,6-9,11-13H2,1H3. The first-order valence-electron chi connectivity index (χ1n) is 8.22. The van der Waals surface area contributed by atoms with Crippen LogP contribution in [0.3, 0.4) is 0 Å². The van der Waals surface area contributed by atoms with Crippen molar-refractivity contribution >= 4 is 5.69 Å². The summed E-state index contributed by atoms with van der Waals surface area (Å²) in [5, 5.41) is 3.44. The maximum absolute atomic E-state index is 4.35. The third-order valence-electron chi connectivity index (χ3n) is 5.28. The van der Waals surface area contributed by atoms with E-state index in [9.17, 15) is 0 Å². The van der Waals surface area contributed by atoms with Gasteiger partial charge in [-0.25, -0.2) is 0 Å². The van der Waals surface area contributed by atoms with Crippen LogP contribution in [0.5, 0.6) is 0 Å². The molecule has 3 nitrogen and oxygen atoms in total. The Morgan fingerprint density at radius 2 is 1.95 bits per heavy atom. The number of anilines is 1. The van der Waals surface area contributed by atoms with Gasteiger partial charge >= 0.3 is 0 Å². The molecule has 1 aliphatic heterocycles. The lowest BCUT2D eigenvalue weighted by atomic mass is 9.77. The fourth-order valence-corrected chi connectivity index (χ4v) is 3.96. The highest BCUT2D eigenvalue weighted by molar-refractivity contribution is 5.52. The molecule has 3 heteroatoms. The molecule has 0 atom stereocenters. The number of nitrogens with zero attached hydrogens (tertiary/aromatic N) is 2. The smallest absolute Gasteiger partial charge is 0.0598 e. The zero-order chi connectivity index (χ0) is 13.8. The molecule has 2 heterocycles. The summed E-state index contributed by atoms with van der Waals surface area (Å²) in [6.07, 6.45) is 12.6. The van der Waals surface area contributed by atoms with Gasteiger partial charge in [0.25, 0.3) is 0 Å². The number of hydrogen-bond donors (Lipinski definition) is 1. The van der Waals surface area contributed by atoms with Crippen LogP contribution < -0.4 is 10.2 Å². The van der Waals surface area contributed by atoms with Crippen LogP contribution in [-0.4, -0.2) is 24.6 Å². The summed E-state index contributed by atoms with van der Waals surface area (Å²) in [7, 11) is 0. The van der Waals surface area contributed by atoms with Crippen LogP contribution in [0.2, 0.25) is 0 Å². The lowest BCUT2D eigenvalue weighted by Crippen LogP contribution is -2.39. The molecule has 1 saturated heterocycles. The van der Waals surface area contributed by atoms with Gasteiger partial charge in [-0.15, -0.1) is 0 Å². The van der Waals surface area contributed by atoms with Gasteiger partial charge in [0.1, 0.15) is 0 Å². The van der Waals surface area contributed by atoms with E-state index in [4.69, 9.17) is 0 Å². The van der Waals surface area contributed by atoms with E-state index in [0.29, 0.717) is 5.41 Å². The van der Waals surface area contributed by atoms with E-state index in [1.54, 1.807) is 0 Å². The number of nitrogens with one attached hydrogen (secondary N) is 1. The highest BCUT2D eigenvalue weighted by Crippen LogP contribution is 2.46. The molecular weight excluding hydrogens is 246 g/mol. The summed E-state index contributed by atoms with van der Waals surface area (Å²) in [5.41, 5.74) is 3.44. The molecule has 0 unspecified atom stereocenters. The van der Waals surface area contributed by atoms with Crippen LogP contribution >= 0.6 is 0 Å². The van der Waals surface area contributed by atoms with Crippen molar-refractivity contribution in [2.45, 2.75) is 52.0 Å². The van der Waals surface area contributed by atoms with E-state index in [2.05, 4.69) is 34.4 Å². The number of aromatic nitrogens is 1. The quantitative estimate of drug-likeness (QED) is 0.912. The first-order chi connectivity index (χ1) is 9.83. The molecule has 1 aromatic heterocycles. The Kier molecular flexibility index (Phi) is 4.25. The van der Waals surface area contributed by atoms with Crippen LogP contribution in [0, 0.1) is 5.41 Å². The normalized spacial score (nSPS) is 21.6. The molecule has 1 aliphatic carbocycles. The van der Waals surface area contributed by atoms with Crippen LogP contribution in [-0.2, 0) is 6.54 Å². The van der Waals surface area contributed by atoms with Gasteiger partial charge in [0.2, 0.25) is 0 Å². The monoisotopic (exact) mass is 273 g/mol. The Morgan fingerprint density at radius 3 is 2.65 bits per heavy atom. The first-order valence-corrected chi connectivity index (χ1v) is 8.22. The van der Waals surface area contributed by atoms with E-state index in [0.717, 1.165) is 13.1 Å². The highest BCUT2D eigenvalue weighted by Gasteiger charge is 2.37. The third-order valence-corrected chi connectivity index (χ3v) is 5.28. The molecule has 0 radical (unpaired) electrons. The predicted octanol–water partition coefficient (Wildman–Crippen LogP) is 3.35. The molecule has 1 aromatic rings. The summed E-state index contributed by atoms with van der Waals surface area (Å²) in [5.74, 6) is 0. The Hall–Kier alpha value is -1.09. The number of hydrogen-bond acceptors (Lipinski definition) is 3. The minimum atomic E-state index is 0.695. The Morgan fingerprint density at radius 1 is 1.20 bits per heavy atom. The molecule has 20 heavy (non-hydrogen) atoms. The zero-order valence-electron chi connectivity index (χ0n) is 12.7. The fraction of sp³-hybridized carbons (Fsp3) is 0.706.